The molecule has 0 aliphatic rings. The lowest BCUT2D eigenvalue weighted by atomic mass is 10.1. The fourth-order valence-electron chi connectivity index (χ4n) is 3.30. The summed E-state index contributed by atoms with van der Waals surface area (Å²) in [6.45, 7) is 4.84. The fourth-order valence-corrected chi connectivity index (χ4v) is 3.30. The summed E-state index contributed by atoms with van der Waals surface area (Å²) in [6, 6.07) is 16.5. The van der Waals surface area contributed by atoms with Gasteiger partial charge in [-0.1, -0.05) is 43.3 Å². The smallest absolute Gasteiger partial charge is 0.344 e. The molecule has 0 aliphatic heterocycles. The number of aromatic nitrogens is 2. The summed E-state index contributed by atoms with van der Waals surface area (Å²) in [4.78, 5) is 37.7. The van der Waals surface area contributed by atoms with Gasteiger partial charge in [-0.2, -0.15) is 0 Å². The molecule has 0 saturated carbocycles. The van der Waals surface area contributed by atoms with Crippen molar-refractivity contribution in [2.75, 3.05) is 11.9 Å². The second kappa shape index (κ2) is 10.00. The Morgan fingerprint density at radius 3 is 2.41 bits per heavy atom. The van der Waals surface area contributed by atoms with E-state index in [0.29, 0.717) is 17.1 Å². The Morgan fingerprint density at radius 1 is 1.06 bits per heavy atom. The van der Waals surface area contributed by atoms with Crippen LogP contribution in [0.4, 0.5) is 5.69 Å². The molecular weight excluding hydrogens is 410 g/mol. The molecule has 0 spiro atoms. The standard InChI is InChI=1S/C24H27N3O5/c1-5-18-11-9-10-14-20(18)31-15-21(28)32-17(3)23(29)25-22-16(2)26(4)27(24(22)30)19-12-7-6-8-13-19/h6-14,17H,5,15H2,1-4H3,(H,25,29). The number of rotatable bonds is 8. The van der Waals surface area contributed by atoms with E-state index in [2.05, 4.69) is 5.32 Å². The van der Waals surface area contributed by atoms with Crippen LogP contribution >= 0.6 is 0 Å². The van der Waals surface area contributed by atoms with E-state index >= 15 is 0 Å². The summed E-state index contributed by atoms with van der Waals surface area (Å²) in [5, 5.41) is 2.60. The number of nitrogens with zero attached hydrogens (tertiary/aromatic N) is 2. The van der Waals surface area contributed by atoms with Crippen LogP contribution in [0.25, 0.3) is 5.69 Å². The third-order valence-corrected chi connectivity index (χ3v) is 5.18. The Bertz CT molecular complexity index is 1160. The topological polar surface area (TPSA) is 91.6 Å². The second-order valence-corrected chi connectivity index (χ2v) is 7.31. The summed E-state index contributed by atoms with van der Waals surface area (Å²) in [5.41, 5.74) is 1.98. The number of benzene rings is 2. The van der Waals surface area contributed by atoms with Crippen molar-refractivity contribution in [2.24, 2.45) is 7.05 Å². The van der Waals surface area contributed by atoms with Crippen LogP contribution in [0.15, 0.2) is 59.4 Å². The number of ether oxygens (including phenoxy) is 2. The summed E-state index contributed by atoms with van der Waals surface area (Å²) in [6.07, 6.45) is -0.335. The minimum absolute atomic E-state index is 0.136. The van der Waals surface area contributed by atoms with Gasteiger partial charge in [-0.3, -0.25) is 14.3 Å². The third-order valence-electron chi connectivity index (χ3n) is 5.18. The van der Waals surface area contributed by atoms with Crippen molar-refractivity contribution < 1.29 is 19.1 Å². The highest BCUT2D eigenvalue weighted by molar-refractivity contribution is 5.95. The maximum absolute atomic E-state index is 12.9. The highest BCUT2D eigenvalue weighted by Gasteiger charge is 2.23. The first kappa shape index (κ1) is 22.9. The van der Waals surface area contributed by atoms with Crippen molar-refractivity contribution in [2.45, 2.75) is 33.3 Å². The van der Waals surface area contributed by atoms with E-state index in [-0.39, 0.29) is 17.9 Å². The van der Waals surface area contributed by atoms with Crippen molar-refractivity contribution in [3.05, 3.63) is 76.2 Å². The Hall–Kier alpha value is -3.81. The molecule has 8 nitrogen and oxygen atoms in total. The highest BCUT2D eigenvalue weighted by atomic mass is 16.6. The van der Waals surface area contributed by atoms with Crippen LogP contribution in [-0.2, 0) is 27.8 Å². The van der Waals surface area contributed by atoms with Crippen molar-refractivity contribution >= 4 is 17.6 Å². The monoisotopic (exact) mass is 437 g/mol. The Kier molecular flexibility index (Phi) is 7.14. The summed E-state index contributed by atoms with van der Waals surface area (Å²) in [7, 11) is 1.73. The molecule has 0 radical (unpaired) electrons. The second-order valence-electron chi connectivity index (χ2n) is 7.31. The lowest BCUT2D eigenvalue weighted by Crippen LogP contribution is -2.33. The van der Waals surface area contributed by atoms with Gasteiger partial charge in [-0.05, 0) is 44.0 Å². The van der Waals surface area contributed by atoms with E-state index in [1.165, 1.54) is 11.6 Å². The summed E-state index contributed by atoms with van der Waals surface area (Å²) < 4.78 is 13.8. The number of esters is 1. The molecule has 1 unspecified atom stereocenters. The van der Waals surface area contributed by atoms with Gasteiger partial charge in [-0.15, -0.1) is 0 Å². The predicted octanol–water partition coefficient (Wildman–Crippen LogP) is 3.00. The van der Waals surface area contributed by atoms with Crippen LogP contribution in [0.3, 0.4) is 0 Å². The summed E-state index contributed by atoms with van der Waals surface area (Å²) >= 11 is 0. The number of amides is 1. The zero-order chi connectivity index (χ0) is 23.3. The first-order valence-corrected chi connectivity index (χ1v) is 10.4. The van der Waals surface area contributed by atoms with Crippen molar-refractivity contribution in [3.63, 3.8) is 0 Å². The zero-order valence-electron chi connectivity index (χ0n) is 18.6. The number of hydrogen-bond acceptors (Lipinski definition) is 5. The van der Waals surface area contributed by atoms with E-state index < -0.39 is 18.0 Å². The number of aryl methyl sites for hydroxylation is 1. The SMILES string of the molecule is CCc1ccccc1OCC(=O)OC(C)C(=O)Nc1c(C)n(C)n(-c2ccccc2)c1=O. The maximum atomic E-state index is 12.9. The number of para-hydroxylation sites is 2. The van der Waals surface area contributed by atoms with E-state index in [4.69, 9.17) is 9.47 Å². The predicted molar refractivity (Wildman–Crippen MR) is 121 cm³/mol. The van der Waals surface area contributed by atoms with E-state index in [1.807, 2.05) is 43.3 Å². The summed E-state index contributed by atoms with van der Waals surface area (Å²) in [5.74, 6) is -0.672. The van der Waals surface area contributed by atoms with Crippen LogP contribution < -0.4 is 15.6 Å². The average molecular weight is 437 g/mol. The molecule has 1 heterocycles. The minimum Gasteiger partial charge on any atom is -0.482 e. The van der Waals surface area contributed by atoms with E-state index in [0.717, 1.165) is 12.0 Å². The van der Waals surface area contributed by atoms with Gasteiger partial charge in [0, 0.05) is 7.05 Å². The molecular formula is C24H27N3O5. The zero-order valence-corrected chi connectivity index (χ0v) is 18.6. The number of carbonyl (C=O) groups excluding carboxylic acids is 2. The van der Waals surface area contributed by atoms with Crippen LogP contribution in [0.5, 0.6) is 5.75 Å². The van der Waals surface area contributed by atoms with Gasteiger partial charge in [0.05, 0.1) is 11.4 Å². The Morgan fingerprint density at radius 2 is 1.72 bits per heavy atom. The first-order valence-electron chi connectivity index (χ1n) is 10.4. The highest BCUT2D eigenvalue weighted by Crippen LogP contribution is 2.18. The lowest BCUT2D eigenvalue weighted by Gasteiger charge is -2.14. The normalized spacial score (nSPS) is 11.6. The molecule has 1 atom stereocenters. The van der Waals surface area contributed by atoms with Crippen LogP contribution in [0.1, 0.15) is 25.1 Å². The minimum atomic E-state index is -1.10. The van der Waals surface area contributed by atoms with Crippen molar-refractivity contribution in [1.29, 1.82) is 0 Å². The number of anilines is 1. The largest absolute Gasteiger partial charge is 0.482 e. The molecule has 1 amide bonds. The number of nitrogens with one attached hydrogen (secondary N) is 1. The number of carbonyl (C=O) groups is 2. The van der Waals surface area contributed by atoms with Gasteiger partial charge in [0.25, 0.3) is 11.5 Å². The van der Waals surface area contributed by atoms with E-state index in [1.54, 1.807) is 36.9 Å². The quantitative estimate of drug-likeness (QED) is 0.547. The van der Waals surface area contributed by atoms with Gasteiger partial charge in [-0.25, -0.2) is 9.48 Å². The van der Waals surface area contributed by atoms with Crippen molar-refractivity contribution in [3.8, 4) is 11.4 Å². The van der Waals surface area contributed by atoms with E-state index in [9.17, 15) is 14.4 Å². The van der Waals surface area contributed by atoms with Gasteiger partial charge in [0.2, 0.25) is 0 Å². The molecule has 8 heteroatoms. The van der Waals surface area contributed by atoms with Gasteiger partial charge in [0.15, 0.2) is 12.7 Å². The van der Waals surface area contributed by atoms with Crippen LogP contribution in [-0.4, -0.2) is 34.0 Å². The van der Waals surface area contributed by atoms with Gasteiger partial charge < -0.3 is 14.8 Å². The molecule has 3 rings (SSSR count). The third kappa shape index (κ3) is 4.91. The molecule has 32 heavy (non-hydrogen) atoms. The van der Waals surface area contributed by atoms with Gasteiger partial charge >= 0.3 is 5.97 Å². The van der Waals surface area contributed by atoms with Crippen LogP contribution in [0.2, 0.25) is 0 Å². The maximum Gasteiger partial charge on any atom is 0.344 e. The molecule has 1 aromatic heterocycles. The molecule has 3 aromatic rings. The fraction of sp³-hybridized carbons (Fsp3) is 0.292. The van der Waals surface area contributed by atoms with Crippen molar-refractivity contribution in [1.82, 2.24) is 9.36 Å². The molecule has 0 saturated heterocycles. The molecule has 0 bridgehead atoms. The molecule has 2 aromatic carbocycles. The number of hydrogen-bond donors (Lipinski definition) is 1. The average Bonchev–Trinajstić information content (AvgIpc) is 3.01. The van der Waals surface area contributed by atoms with Crippen LogP contribution in [0, 0.1) is 6.92 Å². The Balaban J connectivity index is 1.65. The molecule has 168 valence electrons. The molecule has 0 fully saturated rings. The first-order chi connectivity index (χ1) is 15.3. The lowest BCUT2D eigenvalue weighted by molar-refractivity contribution is -0.155. The van der Waals surface area contributed by atoms with Gasteiger partial charge in [0.1, 0.15) is 11.4 Å². The Labute approximate surface area is 186 Å². The molecule has 0 aliphatic carbocycles. The molecule has 1 N–H and O–H groups in total.